The van der Waals surface area contributed by atoms with Crippen LogP contribution in [0.1, 0.15) is 37.1 Å². The summed E-state index contributed by atoms with van der Waals surface area (Å²) in [6.45, 7) is 0.630. The van der Waals surface area contributed by atoms with Crippen molar-refractivity contribution in [1.82, 2.24) is 20.1 Å². The van der Waals surface area contributed by atoms with Crippen molar-refractivity contribution in [3.8, 4) is 0 Å². The number of aromatic nitrogens is 3. The first kappa shape index (κ1) is 17.0. The lowest BCUT2D eigenvalue weighted by atomic mass is 10.1. The molecule has 6 heteroatoms. The minimum absolute atomic E-state index is 0.202. The van der Waals surface area contributed by atoms with E-state index < -0.39 is 0 Å². The Hall–Kier alpha value is -1.82. The second kappa shape index (κ2) is 8.33. The molecule has 0 spiro atoms. The van der Waals surface area contributed by atoms with Gasteiger partial charge in [-0.25, -0.2) is 0 Å². The van der Waals surface area contributed by atoms with Crippen LogP contribution in [-0.2, 0) is 24.0 Å². The van der Waals surface area contributed by atoms with Gasteiger partial charge in [-0.3, -0.25) is 4.79 Å². The van der Waals surface area contributed by atoms with Crippen LogP contribution in [0.15, 0.2) is 35.5 Å². The lowest BCUT2D eigenvalue weighted by Gasteiger charge is -2.10. The zero-order valence-electron chi connectivity index (χ0n) is 14.1. The highest BCUT2D eigenvalue weighted by molar-refractivity contribution is 7.98. The Bertz CT molecular complexity index is 665. The number of carbonyl (C=O) groups is 1. The highest BCUT2D eigenvalue weighted by Crippen LogP contribution is 2.24. The van der Waals surface area contributed by atoms with Gasteiger partial charge in [0.05, 0.1) is 0 Å². The topological polar surface area (TPSA) is 59.8 Å². The molecule has 5 nitrogen and oxygen atoms in total. The molecule has 1 aliphatic rings. The summed E-state index contributed by atoms with van der Waals surface area (Å²) < 4.78 is 2.02. The average Bonchev–Trinajstić information content (AvgIpc) is 3.25. The first-order chi connectivity index (χ1) is 11.7. The van der Waals surface area contributed by atoms with E-state index in [0.29, 0.717) is 13.0 Å². The van der Waals surface area contributed by atoms with Crippen molar-refractivity contribution in [2.24, 2.45) is 13.0 Å². The summed E-state index contributed by atoms with van der Waals surface area (Å²) >= 11 is 1.68. The molecule has 0 radical (unpaired) electrons. The Kier molecular flexibility index (Phi) is 5.91. The van der Waals surface area contributed by atoms with Crippen LogP contribution in [-0.4, -0.2) is 27.2 Å². The first-order valence-corrected chi connectivity index (χ1v) is 9.55. The van der Waals surface area contributed by atoms with Gasteiger partial charge in [-0.15, -0.1) is 10.2 Å². The predicted molar refractivity (Wildman–Crippen MR) is 95.7 cm³/mol. The minimum Gasteiger partial charge on any atom is -0.355 e. The summed E-state index contributed by atoms with van der Waals surface area (Å²) in [4.78, 5) is 12.0. The van der Waals surface area contributed by atoms with Gasteiger partial charge >= 0.3 is 0 Å². The Morgan fingerprint density at radius 2 is 2.00 bits per heavy atom. The van der Waals surface area contributed by atoms with Crippen LogP contribution in [0.5, 0.6) is 0 Å². The largest absolute Gasteiger partial charge is 0.355 e. The van der Waals surface area contributed by atoms with E-state index in [9.17, 15) is 4.79 Å². The molecule has 1 N–H and O–H groups in total. The van der Waals surface area contributed by atoms with E-state index in [0.717, 1.165) is 29.6 Å². The first-order valence-electron chi connectivity index (χ1n) is 8.57. The van der Waals surface area contributed by atoms with E-state index in [2.05, 4.69) is 27.6 Å². The molecule has 3 rings (SSSR count). The zero-order chi connectivity index (χ0) is 16.8. The molecule has 0 atom stereocenters. The fourth-order valence-electron chi connectivity index (χ4n) is 3.04. The maximum absolute atomic E-state index is 12.0. The quantitative estimate of drug-likeness (QED) is 0.785. The lowest BCUT2D eigenvalue weighted by molar-refractivity contribution is -0.124. The molecule has 1 fully saturated rings. The van der Waals surface area contributed by atoms with E-state index >= 15 is 0 Å². The SMILES string of the molecule is Cn1c(CCNC(=O)C2CCCC2)nnc1SCc1ccccc1. The smallest absolute Gasteiger partial charge is 0.223 e. The van der Waals surface area contributed by atoms with E-state index in [4.69, 9.17) is 0 Å². The van der Waals surface area contributed by atoms with Crippen LogP contribution in [0, 0.1) is 5.92 Å². The van der Waals surface area contributed by atoms with E-state index in [1.165, 1.54) is 18.4 Å². The second-order valence-electron chi connectivity index (χ2n) is 6.25. The van der Waals surface area contributed by atoms with Gasteiger partial charge in [-0.2, -0.15) is 0 Å². The number of hydrogen-bond donors (Lipinski definition) is 1. The Labute approximate surface area is 147 Å². The summed E-state index contributed by atoms with van der Waals surface area (Å²) in [5, 5.41) is 12.5. The average molecular weight is 344 g/mol. The number of nitrogens with one attached hydrogen (secondary N) is 1. The van der Waals surface area contributed by atoms with Crippen LogP contribution in [0.3, 0.4) is 0 Å². The Morgan fingerprint density at radius 3 is 2.75 bits per heavy atom. The van der Waals surface area contributed by atoms with Gasteiger partial charge in [-0.05, 0) is 18.4 Å². The zero-order valence-corrected chi connectivity index (χ0v) is 14.9. The standard InChI is InChI=1S/C18H24N4OS/c1-22-16(11-12-19-17(23)15-9-5-6-10-15)20-21-18(22)24-13-14-7-3-2-4-8-14/h2-4,7-8,15H,5-6,9-13H2,1H3,(H,19,23). The molecule has 0 bridgehead atoms. The van der Waals surface area contributed by atoms with Gasteiger partial charge in [0.2, 0.25) is 5.91 Å². The van der Waals surface area contributed by atoms with Crippen molar-refractivity contribution in [2.75, 3.05) is 6.54 Å². The molecule has 0 unspecified atom stereocenters. The van der Waals surface area contributed by atoms with Gasteiger partial charge < -0.3 is 9.88 Å². The number of nitrogens with zero attached hydrogens (tertiary/aromatic N) is 3. The number of amides is 1. The Balaban J connectivity index is 1.46. The maximum Gasteiger partial charge on any atom is 0.223 e. The molecule has 0 saturated heterocycles. The third-order valence-corrected chi connectivity index (χ3v) is 5.60. The van der Waals surface area contributed by atoms with Crippen LogP contribution >= 0.6 is 11.8 Å². The van der Waals surface area contributed by atoms with Crippen molar-refractivity contribution in [1.29, 1.82) is 0 Å². The molecule has 1 amide bonds. The molecule has 1 aliphatic carbocycles. The molecular weight excluding hydrogens is 320 g/mol. The second-order valence-corrected chi connectivity index (χ2v) is 7.20. The lowest BCUT2D eigenvalue weighted by Crippen LogP contribution is -2.31. The molecular formula is C18H24N4OS. The third-order valence-electron chi connectivity index (χ3n) is 4.51. The van der Waals surface area contributed by atoms with Gasteiger partial charge in [0.1, 0.15) is 5.82 Å². The van der Waals surface area contributed by atoms with Crippen LogP contribution in [0.4, 0.5) is 0 Å². The van der Waals surface area contributed by atoms with Crippen molar-refractivity contribution in [3.63, 3.8) is 0 Å². The number of carbonyl (C=O) groups excluding carboxylic acids is 1. The predicted octanol–water partition coefficient (Wildman–Crippen LogP) is 2.96. The van der Waals surface area contributed by atoms with Gasteiger partial charge in [0.25, 0.3) is 0 Å². The normalized spacial score (nSPS) is 14.9. The monoisotopic (exact) mass is 344 g/mol. The van der Waals surface area contributed by atoms with Gasteiger partial charge in [0, 0.05) is 31.7 Å². The van der Waals surface area contributed by atoms with Crippen molar-refractivity contribution in [3.05, 3.63) is 41.7 Å². The van der Waals surface area contributed by atoms with Gasteiger partial charge in [0.15, 0.2) is 5.16 Å². The van der Waals surface area contributed by atoms with Crippen LogP contribution in [0.2, 0.25) is 0 Å². The van der Waals surface area contributed by atoms with Crippen molar-refractivity contribution >= 4 is 17.7 Å². The van der Waals surface area contributed by atoms with E-state index in [1.807, 2.05) is 29.8 Å². The molecule has 128 valence electrons. The molecule has 1 heterocycles. The molecule has 1 aromatic heterocycles. The fourth-order valence-corrected chi connectivity index (χ4v) is 3.93. The molecule has 24 heavy (non-hydrogen) atoms. The van der Waals surface area contributed by atoms with Crippen molar-refractivity contribution in [2.45, 2.75) is 43.0 Å². The summed E-state index contributed by atoms with van der Waals surface area (Å²) in [5.74, 6) is 2.22. The van der Waals surface area contributed by atoms with Gasteiger partial charge in [-0.1, -0.05) is 54.9 Å². The number of benzene rings is 1. The third kappa shape index (κ3) is 4.38. The minimum atomic E-state index is 0.202. The fraction of sp³-hybridized carbons (Fsp3) is 0.500. The summed E-state index contributed by atoms with van der Waals surface area (Å²) in [5.41, 5.74) is 1.27. The van der Waals surface area contributed by atoms with Crippen LogP contribution < -0.4 is 5.32 Å². The highest BCUT2D eigenvalue weighted by atomic mass is 32.2. The van der Waals surface area contributed by atoms with E-state index in [-0.39, 0.29) is 11.8 Å². The highest BCUT2D eigenvalue weighted by Gasteiger charge is 2.22. The number of rotatable bonds is 7. The summed E-state index contributed by atoms with van der Waals surface area (Å²) in [7, 11) is 1.99. The molecule has 0 aliphatic heterocycles. The molecule has 1 saturated carbocycles. The number of thioether (sulfide) groups is 1. The van der Waals surface area contributed by atoms with Crippen LogP contribution in [0.25, 0.3) is 0 Å². The summed E-state index contributed by atoms with van der Waals surface area (Å²) in [6, 6.07) is 10.3. The maximum atomic E-state index is 12.0. The summed E-state index contributed by atoms with van der Waals surface area (Å²) in [6.07, 6.45) is 5.16. The Morgan fingerprint density at radius 1 is 1.25 bits per heavy atom. The molecule has 1 aromatic carbocycles. The number of hydrogen-bond acceptors (Lipinski definition) is 4. The molecule has 2 aromatic rings. The van der Waals surface area contributed by atoms with E-state index in [1.54, 1.807) is 11.8 Å². The van der Waals surface area contributed by atoms with Crippen molar-refractivity contribution < 1.29 is 4.79 Å².